The second kappa shape index (κ2) is 4.32. The van der Waals surface area contributed by atoms with E-state index in [0.717, 1.165) is 0 Å². The molecule has 2 heterocycles. The van der Waals surface area contributed by atoms with Gasteiger partial charge in [0.25, 0.3) is 5.76 Å². The van der Waals surface area contributed by atoms with Crippen molar-refractivity contribution < 1.29 is 4.52 Å². The highest BCUT2D eigenvalue weighted by molar-refractivity contribution is 5.69. The Morgan fingerprint density at radius 3 is 2.50 bits per heavy atom. The molecule has 0 aromatic carbocycles. The van der Waals surface area contributed by atoms with Crippen LogP contribution in [0.15, 0.2) is 10.7 Å². The number of hydrogen-bond donors (Lipinski definition) is 0. The Bertz CT molecular complexity index is 740. The maximum atomic E-state index is 8.98. The van der Waals surface area contributed by atoms with Crippen LogP contribution in [-0.4, -0.2) is 15.1 Å². The third-order valence-electron chi connectivity index (χ3n) is 2.24. The van der Waals surface area contributed by atoms with E-state index in [0.29, 0.717) is 11.3 Å². The molecular formula is C11H4N6O. The maximum Gasteiger partial charge on any atom is 0.254 e. The van der Waals surface area contributed by atoms with Crippen molar-refractivity contribution in [3.05, 3.63) is 29.0 Å². The first kappa shape index (κ1) is 11.3. The number of aryl methyl sites for hydroxylation is 1. The Morgan fingerprint density at radius 2 is 1.94 bits per heavy atom. The van der Waals surface area contributed by atoms with E-state index in [2.05, 4.69) is 15.1 Å². The van der Waals surface area contributed by atoms with E-state index in [1.165, 1.54) is 6.20 Å². The van der Waals surface area contributed by atoms with Crippen molar-refractivity contribution >= 4 is 0 Å². The predicted octanol–water partition coefficient (Wildman–Crippen LogP) is 1.06. The summed E-state index contributed by atoms with van der Waals surface area (Å²) < 4.78 is 4.75. The maximum absolute atomic E-state index is 8.98. The zero-order valence-electron chi connectivity index (χ0n) is 9.17. The number of aromatic nitrogens is 3. The molecule has 0 saturated heterocycles. The second-order valence-electron chi connectivity index (χ2n) is 3.26. The minimum Gasteiger partial charge on any atom is -0.343 e. The molecule has 18 heavy (non-hydrogen) atoms. The minimum atomic E-state index is -0.156. The fourth-order valence-electron chi connectivity index (χ4n) is 1.41. The van der Waals surface area contributed by atoms with E-state index >= 15 is 0 Å². The van der Waals surface area contributed by atoms with Gasteiger partial charge in [0.2, 0.25) is 5.82 Å². The fraction of sp³-hybridized carbons (Fsp3) is 0.0909. The van der Waals surface area contributed by atoms with Crippen molar-refractivity contribution in [1.29, 1.82) is 15.8 Å². The van der Waals surface area contributed by atoms with Crippen LogP contribution in [0.5, 0.6) is 0 Å². The van der Waals surface area contributed by atoms with Gasteiger partial charge >= 0.3 is 0 Å². The Hall–Kier alpha value is -3.24. The topological polar surface area (TPSA) is 123 Å². The van der Waals surface area contributed by atoms with E-state index in [4.69, 9.17) is 20.3 Å². The van der Waals surface area contributed by atoms with Crippen LogP contribution in [0.25, 0.3) is 11.3 Å². The molecule has 0 amide bonds. The third-order valence-corrected chi connectivity index (χ3v) is 2.24. The van der Waals surface area contributed by atoms with Gasteiger partial charge in [-0.3, -0.25) is 0 Å². The molecule has 7 nitrogen and oxygen atoms in total. The highest BCUT2D eigenvalue weighted by atomic mass is 16.5. The van der Waals surface area contributed by atoms with Crippen molar-refractivity contribution in [2.24, 2.45) is 0 Å². The normalized spacial score (nSPS) is 9.22. The van der Waals surface area contributed by atoms with Gasteiger partial charge in [-0.05, 0) is 6.92 Å². The Balaban J connectivity index is 2.65. The summed E-state index contributed by atoms with van der Waals surface area (Å²) in [6, 6.07) is 5.39. The molecule has 0 atom stereocenters. The van der Waals surface area contributed by atoms with Crippen molar-refractivity contribution in [3.8, 4) is 29.5 Å². The Morgan fingerprint density at radius 1 is 1.17 bits per heavy atom. The molecule has 0 aliphatic carbocycles. The molecule has 0 spiro atoms. The Labute approximate surface area is 102 Å². The molecule has 0 aliphatic rings. The molecule has 2 rings (SSSR count). The van der Waals surface area contributed by atoms with Gasteiger partial charge in [-0.25, -0.2) is 9.97 Å². The summed E-state index contributed by atoms with van der Waals surface area (Å²) in [5.41, 5.74) is 1.18. The SMILES string of the molecule is Cc1nc(C#N)ncc1-c1noc(C#N)c1C#N. The molecule has 0 fully saturated rings. The number of hydrogen-bond acceptors (Lipinski definition) is 7. The van der Waals surface area contributed by atoms with Gasteiger partial charge in [0.1, 0.15) is 29.5 Å². The average molecular weight is 236 g/mol. The summed E-state index contributed by atoms with van der Waals surface area (Å²) in [7, 11) is 0. The van der Waals surface area contributed by atoms with Gasteiger partial charge in [0.15, 0.2) is 0 Å². The Kier molecular flexibility index (Phi) is 2.70. The molecule has 0 saturated carbocycles. The lowest BCUT2D eigenvalue weighted by molar-refractivity contribution is 0.412. The minimum absolute atomic E-state index is 0.0266. The average Bonchev–Trinajstić information content (AvgIpc) is 2.81. The van der Waals surface area contributed by atoms with Crippen LogP contribution in [-0.2, 0) is 0 Å². The largest absolute Gasteiger partial charge is 0.343 e. The highest BCUT2D eigenvalue weighted by Gasteiger charge is 2.19. The van der Waals surface area contributed by atoms with Crippen LogP contribution in [0, 0.1) is 40.9 Å². The van der Waals surface area contributed by atoms with Crippen LogP contribution in [0.4, 0.5) is 0 Å². The van der Waals surface area contributed by atoms with Crippen LogP contribution in [0.2, 0.25) is 0 Å². The standard InChI is InChI=1S/C11H4N6O/c1-6-8(5-15-10(4-14)16-6)11-7(2-12)9(3-13)18-17-11/h5H,1H3. The molecule has 0 aliphatic heterocycles. The monoisotopic (exact) mass is 236 g/mol. The van der Waals surface area contributed by atoms with E-state index < -0.39 is 0 Å². The van der Waals surface area contributed by atoms with E-state index in [9.17, 15) is 0 Å². The quantitative estimate of drug-likeness (QED) is 0.724. The molecular weight excluding hydrogens is 232 g/mol. The summed E-state index contributed by atoms with van der Waals surface area (Å²) in [5, 5.41) is 30.1. The lowest BCUT2D eigenvalue weighted by Crippen LogP contribution is -1.96. The molecule has 0 N–H and O–H groups in total. The summed E-state index contributed by atoms with van der Waals surface area (Å²) in [6.45, 7) is 1.65. The van der Waals surface area contributed by atoms with Gasteiger partial charge in [-0.2, -0.15) is 15.8 Å². The first-order valence-electron chi connectivity index (χ1n) is 4.75. The molecule has 84 valence electrons. The van der Waals surface area contributed by atoms with Crippen LogP contribution in [0.3, 0.4) is 0 Å². The predicted molar refractivity (Wildman–Crippen MR) is 56.4 cm³/mol. The van der Waals surface area contributed by atoms with Crippen molar-refractivity contribution in [2.45, 2.75) is 6.92 Å². The van der Waals surface area contributed by atoms with Crippen LogP contribution < -0.4 is 0 Å². The molecule has 2 aromatic rings. The molecule has 0 unspecified atom stereocenters. The first-order chi connectivity index (χ1) is 8.71. The number of nitrogens with zero attached hydrogens (tertiary/aromatic N) is 6. The zero-order valence-corrected chi connectivity index (χ0v) is 9.17. The van der Waals surface area contributed by atoms with E-state index in [1.54, 1.807) is 13.0 Å². The number of rotatable bonds is 1. The van der Waals surface area contributed by atoms with Gasteiger partial charge < -0.3 is 4.52 Å². The summed E-state index contributed by atoms with van der Waals surface area (Å²) >= 11 is 0. The third kappa shape index (κ3) is 1.64. The van der Waals surface area contributed by atoms with E-state index in [1.807, 2.05) is 12.1 Å². The van der Waals surface area contributed by atoms with Crippen molar-refractivity contribution in [1.82, 2.24) is 15.1 Å². The number of nitriles is 3. The second-order valence-corrected chi connectivity index (χ2v) is 3.26. The van der Waals surface area contributed by atoms with Gasteiger partial charge in [-0.15, -0.1) is 0 Å². The zero-order chi connectivity index (χ0) is 13.1. The van der Waals surface area contributed by atoms with Gasteiger partial charge in [0.05, 0.1) is 5.69 Å². The van der Waals surface area contributed by atoms with Crippen LogP contribution in [0.1, 0.15) is 22.8 Å². The van der Waals surface area contributed by atoms with Gasteiger partial charge in [0, 0.05) is 11.8 Å². The first-order valence-corrected chi connectivity index (χ1v) is 4.75. The summed E-state index contributed by atoms with van der Waals surface area (Å²) in [4.78, 5) is 7.73. The van der Waals surface area contributed by atoms with Crippen LogP contribution >= 0.6 is 0 Å². The van der Waals surface area contributed by atoms with Gasteiger partial charge in [-0.1, -0.05) is 5.16 Å². The molecule has 0 radical (unpaired) electrons. The highest BCUT2D eigenvalue weighted by Crippen LogP contribution is 2.25. The van der Waals surface area contributed by atoms with E-state index in [-0.39, 0.29) is 22.8 Å². The lowest BCUT2D eigenvalue weighted by atomic mass is 10.1. The smallest absolute Gasteiger partial charge is 0.254 e. The molecule has 7 heteroatoms. The molecule has 0 bridgehead atoms. The summed E-state index contributed by atoms with van der Waals surface area (Å²) in [6.07, 6.45) is 1.38. The summed E-state index contributed by atoms with van der Waals surface area (Å²) in [5.74, 6) is -0.130. The fourth-order valence-corrected chi connectivity index (χ4v) is 1.41. The molecule has 2 aromatic heterocycles. The lowest BCUT2D eigenvalue weighted by Gasteiger charge is -2.00. The van der Waals surface area contributed by atoms with Crippen molar-refractivity contribution in [2.75, 3.05) is 0 Å². The van der Waals surface area contributed by atoms with Crippen molar-refractivity contribution in [3.63, 3.8) is 0 Å².